The highest BCUT2D eigenvalue weighted by molar-refractivity contribution is 9.13. The lowest BCUT2D eigenvalue weighted by atomic mass is 9.56. The Balaban J connectivity index is 1.73. The summed E-state index contributed by atoms with van der Waals surface area (Å²) in [5, 5.41) is 19.7. The second kappa shape index (κ2) is 10.3. The first kappa shape index (κ1) is 29.8. The number of carboxylic acid groups (broad SMARTS) is 1. The molecule has 5 rings (SSSR count). The average Bonchev–Trinajstić information content (AvgIpc) is 3.24. The highest BCUT2D eigenvalue weighted by atomic mass is 79.9. The average molecular weight is 788 g/mol. The Bertz CT molecular complexity index is 1420. The molecule has 4 amide bonds. The molecule has 2 aliphatic heterocycles. The van der Waals surface area contributed by atoms with Crippen molar-refractivity contribution >= 4 is 101 Å². The summed E-state index contributed by atoms with van der Waals surface area (Å²) in [6.45, 7) is -0.278. The van der Waals surface area contributed by atoms with Gasteiger partial charge in [0.25, 0.3) is 11.8 Å². The molecular formula is C25H21Br3Cl2N2O8. The number of hydrogen-bond acceptors (Lipinski definition) is 7. The Morgan fingerprint density at radius 3 is 2.38 bits per heavy atom. The molecule has 3 fully saturated rings. The molecule has 0 radical (unpaired) electrons. The van der Waals surface area contributed by atoms with E-state index in [2.05, 4.69) is 47.8 Å². The largest absolute Gasteiger partial charge is 0.503 e. The number of amides is 4. The van der Waals surface area contributed by atoms with Crippen LogP contribution in [0.2, 0.25) is 0 Å². The molecule has 4 aliphatic rings. The fraction of sp³-hybridized carbons (Fsp3) is 0.480. The van der Waals surface area contributed by atoms with Crippen LogP contribution in [0.15, 0.2) is 26.7 Å². The number of alkyl halides is 3. The van der Waals surface area contributed by atoms with Crippen LogP contribution in [0.25, 0.3) is 0 Å². The molecule has 1 aromatic carbocycles. The van der Waals surface area contributed by atoms with Crippen LogP contribution in [-0.4, -0.2) is 78.5 Å². The monoisotopic (exact) mass is 784 g/mol. The zero-order chi connectivity index (χ0) is 29.5. The van der Waals surface area contributed by atoms with Crippen LogP contribution in [0.1, 0.15) is 30.7 Å². The van der Waals surface area contributed by atoms with E-state index in [0.29, 0.717) is 15.6 Å². The Hall–Kier alpha value is -1.67. The zero-order valence-corrected chi connectivity index (χ0v) is 26.9. The maximum atomic E-state index is 13.9. The maximum Gasteiger partial charge on any atom is 0.305 e. The minimum atomic E-state index is -2.03. The van der Waals surface area contributed by atoms with E-state index >= 15 is 0 Å². The summed E-state index contributed by atoms with van der Waals surface area (Å²) in [5.41, 5.74) is 0.750. The van der Waals surface area contributed by atoms with Gasteiger partial charge in [0.1, 0.15) is 0 Å². The molecule has 1 saturated carbocycles. The zero-order valence-electron chi connectivity index (χ0n) is 20.6. The number of likely N-dealkylation sites (tertiary alicyclic amines) is 2. The van der Waals surface area contributed by atoms with Gasteiger partial charge in [0.05, 0.1) is 35.3 Å². The van der Waals surface area contributed by atoms with Gasteiger partial charge in [-0.2, -0.15) is 0 Å². The van der Waals surface area contributed by atoms with E-state index in [0.717, 1.165) is 9.80 Å². The number of ether oxygens (including phenoxy) is 1. The summed E-state index contributed by atoms with van der Waals surface area (Å²) >= 11 is 24.4. The van der Waals surface area contributed by atoms with E-state index in [1.54, 1.807) is 6.08 Å². The van der Waals surface area contributed by atoms with Crippen molar-refractivity contribution in [2.75, 3.05) is 19.1 Å². The lowest BCUT2D eigenvalue weighted by molar-refractivity contribution is -0.143. The second-order valence-electron chi connectivity index (χ2n) is 10.1. The first-order chi connectivity index (χ1) is 18.8. The van der Waals surface area contributed by atoms with Crippen molar-refractivity contribution in [3.63, 3.8) is 0 Å². The fourth-order valence-electron chi connectivity index (χ4n) is 6.57. The van der Waals surface area contributed by atoms with Crippen molar-refractivity contribution in [3.05, 3.63) is 32.2 Å². The number of carboxylic acids is 1. The van der Waals surface area contributed by atoms with Gasteiger partial charge < -0.3 is 14.9 Å². The quantitative estimate of drug-likeness (QED) is 0.190. The summed E-state index contributed by atoms with van der Waals surface area (Å²) in [4.78, 5) is 63.4. The predicted octanol–water partition coefficient (Wildman–Crippen LogP) is 4.11. The highest BCUT2D eigenvalue weighted by Crippen LogP contribution is 2.66. The molecule has 0 bridgehead atoms. The fourth-order valence-corrected chi connectivity index (χ4v) is 8.94. The number of aromatic hydroxyl groups is 1. The molecule has 6 atom stereocenters. The van der Waals surface area contributed by atoms with Crippen LogP contribution in [0.4, 0.5) is 0 Å². The number of methoxy groups -OCH3 is 1. The minimum absolute atomic E-state index is 0.0583. The normalized spacial score (nSPS) is 33.1. The number of carbonyl (C=O) groups is 5. The minimum Gasteiger partial charge on any atom is -0.503 e. The number of nitrogens with zero attached hydrogens (tertiary/aromatic N) is 2. The van der Waals surface area contributed by atoms with E-state index < -0.39 is 69.4 Å². The molecule has 2 aliphatic carbocycles. The SMILES string of the molecule is COc1cc([C@H]2C3=CC[C@@H]4C(=O)N(CCC(=O)O)C(=O)[C@@H]4[C@@H]3C[C@@]3(Cl)C(=O)N(CBr)C(=O)[C@@]23Cl)c(Br)c(Br)c1O. The molecular weight excluding hydrogens is 767 g/mol. The number of benzene rings is 1. The first-order valence-corrected chi connectivity index (χ1v) is 15.5. The molecule has 15 heteroatoms. The molecule has 214 valence electrons. The lowest BCUT2D eigenvalue weighted by Gasteiger charge is -2.51. The third-order valence-corrected chi connectivity index (χ3v) is 12.4. The molecule has 0 spiro atoms. The highest BCUT2D eigenvalue weighted by Gasteiger charge is 2.76. The van der Waals surface area contributed by atoms with Gasteiger partial charge in [0, 0.05) is 16.9 Å². The molecule has 40 heavy (non-hydrogen) atoms. The molecule has 2 N–H and O–H groups in total. The van der Waals surface area contributed by atoms with E-state index in [4.69, 9.17) is 33.0 Å². The van der Waals surface area contributed by atoms with Gasteiger partial charge >= 0.3 is 5.97 Å². The van der Waals surface area contributed by atoms with Crippen LogP contribution in [0.3, 0.4) is 0 Å². The van der Waals surface area contributed by atoms with Crippen molar-refractivity contribution < 1.29 is 38.9 Å². The lowest BCUT2D eigenvalue weighted by Crippen LogP contribution is -2.60. The van der Waals surface area contributed by atoms with Gasteiger partial charge in [-0.05, 0) is 62.2 Å². The smallest absolute Gasteiger partial charge is 0.305 e. The first-order valence-electron chi connectivity index (χ1n) is 12.1. The number of rotatable bonds is 6. The molecule has 1 aromatic rings. The van der Waals surface area contributed by atoms with E-state index in [1.807, 2.05) is 0 Å². The van der Waals surface area contributed by atoms with Gasteiger partial charge in [-0.15, -0.1) is 23.2 Å². The van der Waals surface area contributed by atoms with E-state index in [1.165, 1.54) is 13.2 Å². The Kier molecular flexibility index (Phi) is 7.64. The van der Waals surface area contributed by atoms with Crippen molar-refractivity contribution in [1.82, 2.24) is 9.80 Å². The summed E-state index contributed by atoms with van der Waals surface area (Å²) in [5.74, 6) is -7.37. The third kappa shape index (κ3) is 3.86. The summed E-state index contributed by atoms with van der Waals surface area (Å²) < 4.78 is 5.88. The Morgan fingerprint density at radius 2 is 1.77 bits per heavy atom. The Morgan fingerprint density at radius 1 is 1.10 bits per heavy atom. The van der Waals surface area contributed by atoms with Gasteiger partial charge in [-0.1, -0.05) is 27.6 Å². The number of hydrogen-bond donors (Lipinski definition) is 2. The number of phenols is 1. The van der Waals surface area contributed by atoms with Gasteiger partial charge in [0.2, 0.25) is 11.8 Å². The van der Waals surface area contributed by atoms with Crippen LogP contribution in [0.5, 0.6) is 11.5 Å². The number of aliphatic carboxylic acids is 1. The third-order valence-electron chi connectivity index (χ3n) is 8.36. The maximum absolute atomic E-state index is 13.9. The van der Waals surface area contributed by atoms with Crippen molar-refractivity contribution in [2.45, 2.75) is 34.9 Å². The van der Waals surface area contributed by atoms with Gasteiger partial charge in [-0.25, -0.2) is 0 Å². The van der Waals surface area contributed by atoms with Crippen molar-refractivity contribution in [1.29, 1.82) is 0 Å². The van der Waals surface area contributed by atoms with Crippen LogP contribution in [-0.2, 0) is 24.0 Å². The number of halogens is 5. The number of phenolic OH excluding ortho intramolecular Hbond substituents is 1. The standard InChI is InChI=1S/C25H21Br3Cl2N2O8/c1-40-13-6-11(17(27)18(28)19(13)35)16-9-2-3-10-15(21(37)31(20(10)36)5-4-14(33)34)12(9)7-24(29)22(38)32(8-26)23(39)25(16,24)30/h2,6,10,12,15-16,35H,3-5,7-8H2,1H3,(H,33,34)/t10-,12+,15-,16+,24+,25-/m0/s1. The summed E-state index contributed by atoms with van der Waals surface area (Å²) in [7, 11) is 1.35. The topological polar surface area (TPSA) is 142 Å². The van der Waals surface area contributed by atoms with Gasteiger partial charge in [-0.3, -0.25) is 33.8 Å². The van der Waals surface area contributed by atoms with E-state index in [-0.39, 0.29) is 40.8 Å². The molecule has 0 unspecified atom stereocenters. The van der Waals surface area contributed by atoms with Crippen LogP contribution < -0.4 is 4.74 Å². The van der Waals surface area contributed by atoms with Crippen LogP contribution >= 0.6 is 71.0 Å². The van der Waals surface area contributed by atoms with Crippen molar-refractivity contribution in [2.24, 2.45) is 17.8 Å². The van der Waals surface area contributed by atoms with Gasteiger partial charge in [0.15, 0.2) is 21.2 Å². The molecule has 10 nitrogen and oxygen atoms in total. The Labute approximate surface area is 263 Å². The number of carbonyl (C=O) groups excluding carboxylic acids is 4. The number of fused-ring (bicyclic) bond motifs is 4. The molecule has 2 heterocycles. The predicted molar refractivity (Wildman–Crippen MR) is 152 cm³/mol. The molecule has 0 aromatic heterocycles. The van der Waals surface area contributed by atoms with Crippen LogP contribution in [0, 0.1) is 17.8 Å². The number of allylic oxidation sites excluding steroid dienone is 2. The summed E-state index contributed by atoms with van der Waals surface area (Å²) in [6.07, 6.45) is 1.30. The van der Waals surface area contributed by atoms with Crippen molar-refractivity contribution in [3.8, 4) is 11.5 Å². The van der Waals surface area contributed by atoms with E-state index in [9.17, 15) is 29.1 Å². The second-order valence-corrected chi connectivity index (χ2v) is 13.4. The molecule has 2 saturated heterocycles. The summed E-state index contributed by atoms with van der Waals surface area (Å²) in [6, 6.07) is 1.49. The number of imide groups is 2.